The molecule has 1 aromatic carbocycles. The van der Waals surface area contributed by atoms with Crippen LogP contribution in [0.25, 0.3) is 0 Å². The van der Waals surface area contributed by atoms with E-state index in [1.54, 1.807) is 31.5 Å². The van der Waals surface area contributed by atoms with Gasteiger partial charge in [0, 0.05) is 11.2 Å². The molecule has 0 saturated carbocycles. The van der Waals surface area contributed by atoms with Crippen molar-refractivity contribution in [1.82, 2.24) is 10.4 Å². The lowest BCUT2D eigenvalue weighted by atomic mass is 10.0. The maximum absolute atomic E-state index is 13.1. The number of aromatic nitrogens is 1. The van der Waals surface area contributed by atoms with Gasteiger partial charge in [0.25, 0.3) is 0 Å². The summed E-state index contributed by atoms with van der Waals surface area (Å²) < 4.78 is 18.3. The molecule has 1 atom stereocenters. The quantitative estimate of drug-likeness (QED) is 0.657. The summed E-state index contributed by atoms with van der Waals surface area (Å²) in [5.41, 5.74) is 4.15. The monoisotopic (exact) mass is 295 g/mol. The van der Waals surface area contributed by atoms with E-state index in [4.69, 9.17) is 22.2 Å². The highest BCUT2D eigenvalue weighted by Crippen LogP contribution is 2.27. The minimum atomic E-state index is -0.369. The molecule has 0 aliphatic heterocycles. The van der Waals surface area contributed by atoms with Crippen LogP contribution in [-0.2, 0) is 6.42 Å². The Bertz CT molecular complexity index is 594. The molecular formula is C14H15ClFN3O. The van der Waals surface area contributed by atoms with Crippen molar-refractivity contribution in [2.75, 3.05) is 7.11 Å². The van der Waals surface area contributed by atoms with Gasteiger partial charge in [0.05, 0.1) is 13.2 Å². The maximum atomic E-state index is 13.1. The fraction of sp³-hybridized carbons (Fsp3) is 0.214. The smallest absolute Gasteiger partial charge is 0.142 e. The number of rotatable bonds is 5. The molecule has 0 bridgehead atoms. The number of nitrogens with zero attached hydrogens (tertiary/aromatic N) is 1. The summed E-state index contributed by atoms with van der Waals surface area (Å²) in [5, 5.41) is 0.361. The summed E-state index contributed by atoms with van der Waals surface area (Å²) in [6, 6.07) is 7.58. The summed E-state index contributed by atoms with van der Waals surface area (Å²) >= 11 is 6.03. The molecule has 3 N–H and O–H groups in total. The van der Waals surface area contributed by atoms with E-state index in [9.17, 15) is 4.39 Å². The Labute approximate surface area is 121 Å². The minimum absolute atomic E-state index is 0.283. The Hall–Kier alpha value is -1.69. The van der Waals surface area contributed by atoms with Crippen molar-refractivity contribution < 1.29 is 9.13 Å². The number of nitrogens with two attached hydrogens (primary N) is 1. The van der Waals surface area contributed by atoms with Crippen molar-refractivity contribution in [3.8, 4) is 5.75 Å². The van der Waals surface area contributed by atoms with Gasteiger partial charge in [-0.25, -0.2) is 4.39 Å². The van der Waals surface area contributed by atoms with E-state index in [0.29, 0.717) is 22.9 Å². The van der Waals surface area contributed by atoms with E-state index in [-0.39, 0.29) is 11.9 Å². The Morgan fingerprint density at radius 3 is 2.90 bits per heavy atom. The number of hydrogen-bond donors (Lipinski definition) is 2. The Morgan fingerprint density at radius 1 is 1.45 bits per heavy atom. The molecule has 1 aromatic heterocycles. The molecule has 6 heteroatoms. The number of ether oxygens (including phenoxy) is 1. The van der Waals surface area contributed by atoms with Crippen LogP contribution < -0.4 is 16.0 Å². The van der Waals surface area contributed by atoms with Gasteiger partial charge < -0.3 is 4.74 Å². The van der Waals surface area contributed by atoms with Gasteiger partial charge in [-0.15, -0.1) is 0 Å². The molecule has 0 aliphatic rings. The molecule has 0 aliphatic carbocycles. The van der Waals surface area contributed by atoms with Crippen molar-refractivity contribution >= 4 is 11.6 Å². The van der Waals surface area contributed by atoms with Crippen LogP contribution in [0.1, 0.15) is 17.3 Å². The highest BCUT2D eigenvalue weighted by Gasteiger charge is 2.18. The first-order valence-electron chi connectivity index (χ1n) is 6.04. The van der Waals surface area contributed by atoms with Crippen LogP contribution in [0.2, 0.25) is 5.02 Å². The lowest BCUT2D eigenvalue weighted by Crippen LogP contribution is -2.30. The van der Waals surface area contributed by atoms with Crippen LogP contribution in [-0.4, -0.2) is 12.1 Å². The molecule has 0 fully saturated rings. The number of halogens is 2. The summed E-state index contributed by atoms with van der Waals surface area (Å²) in [6.07, 6.45) is 2.14. The molecule has 1 heterocycles. The molecule has 2 aromatic rings. The average molecular weight is 296 g/mol. The van der Waals surface area contributed by atoms with Crippen molar-refractivity contribution in [2.24, 2.45) is 5.84 Å². The van der Waals surface area contributed by atoms with Crippen LogP contribution in [0, 0.1) is 5.82 Å². The Morgan fingerprint density at radius 2 is 2.25 bits per heavy atom. The molecule has 2 rings (SSSR count). The Kier molecular flexibility index (Phi) is 4.89. The van der Waals surface area contributed by atoms with Gasteiger partial charge in [-0.3, -0.25) is 16.3 Å². The van der Waals surface area contributed by atoms with Gasteiger partial charge in [-0.1, -0.05) is 17.7 Å². The standard InChI is InChI=1S/C14H15ClFN3O/c1-20-13-3-2-6-18-14(13)12(19-17)7-9-4-5-10(16)8-11(9)15/h2-6,8,12,19H,7,17H2,1H3. The third-order valence-corrected chi connectivity index (χ3v) is 3.34. The first-order chi connectivity index (χ1) is 9.65. The van der Waals surface area contributed by atoms with Gasteiger partial charge in [-0.05, 0) is 36.2 Å². The zero-order valence-electron chi connectivity index (χ0n) is 10.9. The van der Waals surface area contributed by atoms with Crippen LogP contribution >= 0.6 is 11.6 Å². The number of hydrazine groups is 1. The molecule has 0 spiro atoms. The fourth-order valence-corrected chi connectivity index (χ4v) is 2.22. The third-order valence-electron chi connectivity index (χ3n) is 2.99. The predicted molar refractivity (Wildman–Crippen MR) is 76.0 cm³/mol. The van der Waals surface area contributed by atoms with Gasteiger partial charge in [0.2, 0.25) is 0 Å². The first-order valence-corrected chi connectivity index (χ1v) is 6.42. The molecule has 4 nitrogen and oxygen atoms in total. The van der Waals surface area contributed by atoms with Crippen molar-refractivity contribution in [3.05, 3.63) is 58.6 Å². The Balaban J connectivity index is 2.29. The van der Waals surface area contributed by atoms with Gasteiger partial charge >= 0.3 is 0 Å². The zero-order valence-corrected chi connectivity index (χ0v) is 11.7. The SMILES string of the molecule is COc1cccnc1C(Cc1ccc(F)cc1Cl)NN. The van der Waals surface area contributed by atoms with Crippen LogP contribution in [0.4, 0.5) is 4.39 Å². The largest absolute Gasteiger partial charge is 0.495 e. The summed E-state index contributed by atoms with van der Waals surface area (Å²) in [6.45, 7) is 0. The second-order valence-electron chi connectivity index (χ2n) is 4.25. The molecule has 106 valence electrons. The molecular weight excluding hydrogens is 281 g/mol. The van der Waals surface area contributed by atoms with Crippen LogP contribution in [0.15, 0.2) is 36.5 Å². The molecule has 0 radical (unpaired) electrons. The number of hydrogen-bond acceptors (Lipinski definition) is 4. The predicted octanol–water partition coefficient (Wildman–Crippen LogP) is 2.63. The second-order valence-corrected chi connectivity index (χ2v) is 4.66. The van der Waals surface area contributed by atoms with Gasteiger partial charge in [0.1, 0.15) is 17.3 Å². The van der Waals surface area contributed by atoms with Gasteiger partial charge in [-0.2, -0.15) is 0 Å². The minimum Gasteiger partial charge on any atom is -0.495 e. The number of benzene rings is 1. The number of pyridine rings is 1. The molecule has 20 heavy (non-hydrogen) atoms. The lowest BCUT2D eigenvalue weighted by molar-refractivity contribution is 0.394. The zero-order chi connectivity index (χ0) is 14.5. The lowest BCUT2D eigenvalue weighted by Gasteiger charge is -2.18. The van der Waals surface area contributed by atoms with Crippen molar-refractivity contribution in [2.45, 2.75) is 12.5 Å². The number of methoxy groups -OCH3 is 1. The molecule has 0 amide bonds. The van der Waals surface area contributed by atoms with E-state index >= 15 is 0 Å². The maximum Gasteiger partial charge on any atom is 0.142 e. The van der Waals surface area contributed by atoms with E-state index in [2.05, 4.69) is 10.4 Å². The van der Waals surface area contributed by atoms with E-state index in [0.717, 1.165) is 5.56 Å². The normalized spacial score (nSPS) is 12.2. The average Bonchev–Trinajstić information content (AvgIpc) is 2.46. The van der Waals surface area contributed by atoms with Gasteiger partial charge in [0.15, 0.2) is 0 Å². The highest BCUT2D eigenvalue weighted by atomic mass is 35.5. The fourth-order valence-electron chi connectivity index (χ4n) is 1.98. The highest BCUT2D eigenvalue weighted by molar-refractivity contribution is 6.31. The van der Waals surface area contributed by atoms with Crippen molar-refractivity contribution in [1.29, 1.82) is 0 Å². The molecule has 0 saturated heterocycles. The second kappa shape index (κ2) is 6.65. The van der Waals surface area contributed by atoms with Crippen LogP contribution in [0.3, 0.4) is 0 Å². The van der Waals surface area contributed by atoms with Crippen molar-refractivity contribution in [3.63, 3.8) is 0 Å². The van der Waals surface area contributed by atoms with E-state index in [1.807, 2.05) is 0 Å². The van der Waals surface area contributed by atoms with Crippen LogP contribution in [0.5, 0.6) is 5.75 Å². The van der Waals surface area contributed by atoms with E-state index < -0.39 is 0 Å². The molecule has 1 unspecified atom stereocenters. The first kappa shape index (κ1) is 14.7. The summed E-state index contributed by atoms with van der Waals surface area (Å²) in [5.74, 6) is 5.86. The van der Waals surface area contributed by atoms with E-state index in [1.165, 1.54) is 12.1 Å². The number of nitrogens with one attached hydrogen (secondary N) is 1. The summed E-state index contributed by atoms with van der Waals surface area (Å²) in [7, 11) is 1.57. The topological polar surface area (TPSA) is 60.2 Å². The third kappa shape index (κ3) is 3.25. The summed E-state index contributed by atoms with van der Waals surface area (Å²) in [4.78, 5) is 4.28.